The minimum absolute atomic E-state index is 0.681. The third-order valence-electron chi connectivity index (χ3n) is 5.18. The Kier molecular flexibility index (Phi) is 0.797. The van der Waals surface area contributed by atoms with Crippen LogP contribution < -0.4 is 0 Å². The van der Waals surface area contributed by atoms with E-state index in [1.807, 2.05) is 0 Å². The molecule has 2 rings (SSSR count). The van der Waals surface area contributed by atoms with Crippen molar-refractivity contribution in [3.8, 4) is 0 Å². The molecule has 0 nitrogen and oxygen atoms in total. The Morgan fingerprint density at radius 3 is 1.40 bits per heavy atom. The summed E-state index contributed by atoms with van der Waals surface area (Å²) in [5.41, 5.74) is 2.14. The molecule has 0 aliphatic heterocycles. The largest absolute Gasteiger partial charge is 0.0622 e. The maximum atomic E-state index is 2.46. The van der Waals surface area contributed by atoms with Crippen LogP contribution in [0.25, 0.3) is 0 Å². The number of fused-ring (bicyclic) bond motifs is 1. The molecule has 0 N–H and O–H groups in total. The van der Waals surface area contributed by atoms with Gasteiger partial charge in [0.15, 0.2) is 0 Å². The molecular weight excluding hydrogens is 120 g/mol. The molecule has 0 spiro atoms. The van der Waals surface area contributed by atoms with Crippen molar-refractivity contribution in [2.75, 3.05) is 0 Å². The van der Waals surface area contributed by atoms with Crippen LogP contribution in [0.2, 0.25) is 0 Å². The van der Waals surface area contributed by atoms with Gasteiger partial charge in [-0.05, 0) is 28.6 Å². The average molecular weight is 138 g/mol. The monoisotopic (exact) mass is 138 g/mol. The Hall–Kier alpha value is 0. The third kappa shape index (κ3) is 0.320. The predicted molar refractivity (Wildman–Crippen MR) is 43.8 cm³/mol. The fourth-order valence-electron chi connectivity index (χ4n) is 3.55. The Labute approximate surface area is 64.0 Å². The van der Waals surface area contributed by atoms with Gasteiger partial charge in [-0.3, -0.25) is 0 Å². The van der Waals surface area contributed by atoms with Gasteiger partial charge in [0.25, 0.3) is 0 Å². The second-order valence-corrected chi connectivity index (χ2v) is 5.20. The van der Waals surface area contributed by atoms with Crippen molar-refractivity contribution in [1.29, 1.82) is 0 Å². The van der Waals surface area contributed by atoms with Crippen LogP contribution in [0, 0.1) is 22.2 Å². The lowest BCUT2D eigenvalue weighted by molar-refractivity contribution is 0.212. The highest BCUT2D eigenvalue weighted by molar-refractivity contribution is 5.40. The summed E-state index contributed by atoms with van der Waals surface area (Å²) in [6.07, 6.45) is 1.48. The Morgan fingerprint density at radius 2 is 1.40 bits per heavy atom. The molecule has 2 unspecified atom stereocenters. The molecule has 2 saturated carbocycles. The molecule has 0 heteroatoms. The van der Waals surface area contributed by atoms with Gasteiger partial charge in [0.05, 0.1) is 0 Å². The molecular formula is C10H18. The quantitative estimate of drug-likeness (QED) is 0.522. The van der Waals surface area contributed by atoms with Crippen molar-refractivity contribution in [1.82, 2.24) is 0 Å². The van der Waals surface area contributed by atoms with E-state index in [1.165, 1.54) is 6.42 Å². The number of hydrogen-bond donors (Lipinski definition) is 0. The third-order valence-corrected chi connectivity index (χ3v) is 5.18. The van der Waals surface area contributed by atoms with Gasteiger partial charge in [0.1, 0.15) is 0 Å². The van der Waals surface area contributed by atoms with Crippen LogP contribution in [0.15, 0.2) is 0 Å². The summed E-state index contributed by atoms with van der Waals surface area (Å²) in [6, 6.07) is 0. The van der Waals surface area contributed by atoms with Crippen molar-refractivity contribution in [3.63, 3.8) is 0 Å². The lowest BCUT2D eigenvalue weighted by Gasteiger charge is -2.27. The van der Waals surface area contributed by atoms with Gasteiger partial charge in [0.2, 0.25) is 0 Å². The van der Waals surface area contributed by atoms with Gasteiger partial charge in [-0.1, -0.05) is 34.6 Å². The standard InChI is InChI=1S/C10H18/c1-7(2)10(5)8(3)6-9(8,10)4/h7H,6H2,1-5H3. The maximum absolute atomic E-state index is 2.46. The summed E-state index contributed by atoms with van der Waals surface area (Å²) in [7, 11) is 0. The SMILES string of the molecule is CC(C)C1(C)C2(C)CC21C. The van der Waals surface area contributed by atoms with E-state index in [-0.39, 0.29) is 0 Å². The van der Waals surface area contributed by atoms with Crippen LogP contribution in [0.1, 0.15) is 41.0 Å². The molecule has 0 aromatic carbocycles. The minimum atomic E-state index is 0.681. The lowest BCUT2D eigenvalue weighted by Crippen LogP contribution is -2.20. The van der Waals surface area contributed by atoms with E-state index in [0.29, 0.717) is 5.41 Å². The first kappa shape index (κ1) is 6.69. The minimum Gasteiger partial charge on any atom is -0.0622 e. The zero-order chi connectivity index (χ0) is 7.78. The molecule has 0 radical (unpaired) electrons. The van der Waals surface area contributed by atoms with E-state index >= 15 is 0 Å². The summed E-state index contributed by atoms with van der Waals surface area (Å²) >= 11 is 0. The van der Waals surface area contributed by atoms with Crippen LogP contribution in [0.5, 0.6) is 0 Å². The predicted octanol–water partition coefficient (Wildman–Crippen LogP) is 3.08. The van der Waals surface area contributed by atoms with Crippen LogP contribution in [0.4, 0.5) is 0 Å². The molecule has 0 aromatic heterocycles. The van der Waals surface area contributed by atoms with E-state index in [4.69, 9.17) is 0 Å². The van der Waals surface area contributed by atoms with Gasteiger partial charge < -0.3 is 0 Å². The van der Waals surface area contributed by atoms with E-state index in [0.717, 1.165) is 16.7 Å². The Balaban J connectivity index is 2.26. The topological polar surface area (TPSA) is 0 Å². The van der Waals surface area contributed by atoms with Crippen molar-refractivity contribution < 1.29 is 0 Å². The fraction of sp³-hybridized carbons (Fsp3) is 1.00. The molecule has 2 aliphatic rings. The van der Waals surface area contributed by atoms with Crippen LogP contribution in [-0.2, 0) is 0 Å². The zero-order valence-corrected chi connectivity index (χ0v) is 7.78. The number of hydrogen-bond acceptors (Lipinski definition) is 0. The molecule has 10 heavy (non-hydrogen) atoms. The highest BCUT2D eigenvalue weighted by Crippen LogP contribution is 2.98. The molecule has 0 amide bonds. The molecule has 0 bridgehead atoms. The Bertz CT molecular complexity index is 178. The first-order valence-corrected chi connectivity index (χ1v) is 4.40. The molecule has 2 atom stereocenters. The van der Waals surface area contributed by atoms with Crippen LogP contribution in [0.3, 0.4) is 0 Å². The summed E-state index contributed by atoms with van der Waals surface area (Å²) < 4.78 is 0. The van der Waals surface area contributed by atoms with Gasteiger partial charge in [-0.25, -0.2) is 0 Å². The van der Waals surface area contributed by atoms with E-state index in [1.54, 1.807) is 0 Å². The molecule has 0 aromatic rings. The van der Waals surface area contributed by atoms with Gasteiger partial charge in [0, 0.05) is 0 Å². The summed E-state index contributed by atoms with van der Waals surface area (Å²) in [6.45, 7) is 12.1. The maximum Gasteiger partial charge on any atom is -0.0184 e. The first-order valence-electron chi connectivity index (χ1n) is 4.40. The fourth-order valence-corrected chi connectivity index (χ4v) is 3.55. The second kappa shape index (κ2) is 1.19. The van der Waals surface area contributed by atoms with Gasteiger partial charge >= 0.3 is 0 Å². The van der Waals surface area contributed by atoms with Crippen molar-refractivity contribution in [2.24, 2.45) is 22.2 Å². The smallest absolute Gasteiger partial charge is 0.0184 e. The molecule has 2 aliphatic carbocycles. The lowest BCUT2D eigenvalue weighted by atomic mass is 9.77. The zero-order valence-electron chi connectivity index (χ0n) is 7.78. The molecule has 58 valence electrons. The van der Waals surface area contributed by atoms with Crippen LogP contribution in [-0.4, -0.2) is 0 Å². The highest BCUT2D eigenvalue weighted by atomic mass is 15.0. The summed E-state index contributed by atoms with van der Waals surface area (Å²) in [5, 5.41) is 0. The average Bonchev–Trinajstić information content (AvgIpc) is 2.48. The summed E-state index contributed by atoms with van der Waals surface area (Å²) in [4.78, 5) is 0. The van der Waals surface area contributed by atoms with Crippen LogP contribution >= 0.6 is 0 Å². The van der Waals surface area contributed by atoms with Crippen molar-refractivity contribution >= 4 is 0 Å². The number of rotatable bonds is 1. The molecule has 0 saturated heterocycles. The first-order chi connectivity index (χ1) is 4.40. The van der Waals surface area contributed by atoms with E-state index < -0.39 is 0 Å². The van der Waals surface area contributed by atoms with Gasteiger partial charge in [-0.15, -0.1) is 0 Å². The van der Waals surface area contributed by atoms with E-state index in [2.05, 4.69) is 34.6 Å². The second-order valence-electron chi connectivity index (χ2n) is 5.20. The molecule has 2 fully saturated rings. The highest BCUT2D eigenvalue weighted by Gasteiger charge is 2.92. The van der Waals surface area contributed by atoms with E-state index in [9.17, 15) is 0 Å². The summed E-state index contributed by atoms with van der Waals surface area (Å²) in [5.74, 6) is 0.872. The Morgan fingerprint density at radius 1 is 1.00 bits per heavy atom. The molecule has 0 heterocycles. The normalized spacial score (nSPS) is 64.2. The van der Waals surface area contributed by atoms with Crippen molar-refractivity contribution in [3.05, 3.63) is 0 Å². The van der Waals surface area contributed by atoms with Crippen molar-refractivity contribution in [2.45, 2.75) is 41.0 Å². The van der Waals surface area contributed by atoms with Gasteiger partial charge in [-0.2, -0.15) is 0 Å².